The molecule has 1 aromatic rings. The van der Waals surface area contributed by atoms with Crippen LogP contribution in [-0.2, 0) is 20.7 Å². The molecule has 1 saturated heterocycles. The van der Waals surface area contributed by atoms with E-state index in [1.54, 1.807) is 0 Å². The number of ketones is 1. The average Bonchev–Trinajstić information content (AvgIpc) is 3.05. The molecule has 0 aromatic heterocycles. The monoisotopic (exact) mass is 479 g/mol. The van der Waals surface area contributed by atoms with Crippen LogP contribution < -0.4 is 5.32 Å². The number of nitrogens with one attached hydrogen (secondary N) is 1. The smallest absolute Gasteiger partial charge is 0.235 e. The van der Waals surface area contributed by atoms with Crippen LogP contribution in [0.1, 0.15) is 59.4 Å². The van der Waals surface area contributed by atoms with Crippen molar-refractivity contribution in [3.8, 4) is 0 Å². The van der Waals surface area contributed by atoms with Crippen LogP contribution in [0.2, 0.25) is 0 Å². The van der Waals surface area contributed by atoms with Gasteiger partial charge in [-0.2, -0.15) is 0 Å². The minimum Gasteiger partial charge on any atom is -0.375 e. The number of Topliss-reactive ketones (excluding diaryl/α,β-unsaturated/α-hetero) is 1. The molecule has 5 nitrogen and oxygen atoms in total. The predicted octanol–water partition coefficient (Wildman–Crippen LogP) is 4.85. The molecule has 0 bridgehead atoms. The van der Waals surface area contributed by atoms with Crippen LogP contribution in [0.3, 0.4) is 0 Å². The van der Waals surface area contributed by atoms with Gasteiger partial charge in [0.05, 0.1) is 0 Å². The number of hydrogen-bond donors (Lipinski definition) is 2. The number of amides is 1. The van der Waals surface area contributed by atoms with Crippen molar-refractivity contribution in [2.24, 2.45) is 35.0 Å². The van der Waals surface area contributed by atoms with Crippen molar-refractivity contribution in [2.75, 3.05) is 7.11 Å². The standard InChI is InChI=1S/C30H41NO4/c1-7-19(3)23-20(4)16-29(5)15-18(2)13-14-22(29)24(23)26(32)25-27(35-6)30(34,31-28(25)33)17-21-11-9-8-10-12-21/h7-12,16,18,22-25,27,34H,13-15,17H2,1-6H3,(H,31,33)/b19-7+. The fourth-order valence-corrected chi connectivity index (χ4v) is 7.51. The van der Waals surface area contributed by atoms with E-state index >= 15 is 0 Å². The van der Waals surface area contributed by atoms with Gasteiger partial charge in [-0.15, -0.1) is 0 Å². The Morgan fingerprint density at radius 1 is 1.23 bits per heavy atom. The predicted molar refractivity (Wildman–Crippen MR) is 137 cm³/mol. The molecule has 1 saturated carbocycles. The van der Waals surface area contributed by atoms with E-state index in [9.17, 15) is 14.7 Å². The first-order chi connectivity index (χ1) is 16.5. The number of fused-ring (bicyclic) bond motifs is 1. The third-order valence-electron chi connectivity index (χ3n) is 8.99. The van der Waals surface area contributed by atoms with Gasteiger partial charge in [-0.25, -0.2) is 0 Å². The van der Waals surface area contributed by atoms with E-state index < -0.39 is 23.7 Å². The number of rotatable bonds is 6. The Morgan fingerprint density at radius 2 is 1.91 bits per heavy atom. The fourth-order valence-electron chi connectivity index (χ4n) is 7.51. The Bertz CT molecular complexity index is 1030. The van der Waals surface area contributed by atoms with Gasteiger partial charge in [0.2, 0.25) is 5.91 Å². The molecule has 4 rings (SSSR count). The summed E-state index contributed by atoms with van der Waals surface area (Å²) >= 11 is 0. The second-order valence-electron chi connectivity index (χ2n) is 11.5. The van der Waals surface area contributed by atoms with Gasteiger partial charge in [-0.1, -0.05) is 73.9 Å². The first kappa shape index (κ1) is 25.8. The SMILES string of the molecule is C/C=C(\C)C1C(C)=CC2(C)CC(C)CCC2C1C(=O)C1C(=O)NC(O)(Cc2ccccc2)C1OC. The van der Waals surface area contributed by atoms with E-state index in [4.69, 9.17) is 4.74 Å². The molecule has 190 valence electrons. The minimum absolute atomic E-state index is 0.0351. The number of benzene rings is 1. The summed E-state index contributed by atoms with van der Waals surface area (Å²) in [4.78, 5) is 27.8. The van der Waals surface area contributed by atoms with Crippen LogP contribution in [0, 0.1) is 35.0 Å². The van der Waals surface area contributed by atoms with Crippen molar-refractivity contribution in [3.05, 3.63) is 59.2 Å². The van der Waals surface area contributed by atoms with Gasteiger partial charge in [-0.05, 0) is 56.4 Å². The maximum absolute atomic E-state index is 14.5. The number of methoxy groups -OCH3 is 1. The zero-order valence-corrected chi connectivity index (χ0v) is 22.0. The second kappa shape index (κ2) is 9.67. The molecule has 8 atom stereocenters. The number of carbonyl (C=O) groups is 2. The molecule has 1 aromatic carbocycles. The van der Waals surface area contributed by atoms with E-state index in [-0.39, 0.29) is 35.4 Å². The van der Waals surface area contributed by atoms with Crippen LogP contribution in [0.5, 0.6) is 0 Å². The zero-order chi connectivity index (χ0) is 25.5. The summed E-state index contributed by atoms with van der Waals surface area (Å²) in [6.45, 7) is 10.8. The highest BCUT2D eigenvalue weighted by Crippen LogP contribution is 2.56. The zero-order valence-electron chi connectivity index (χ0n) is 22.0. The van der Waals surface area contributed by atoms with Crippen molar-refractivity contribution in [1.82, 2.24) is 5.32 Å². The molecule has 0 spiro atoms. The number of hydrogen-bond acceptors (Lipinski definition) is 4. The lowest BCUT2D eigenvalue weighted by Crippen LogP contribution is -2.53. The largest absolute Gasteiger partial charge is 0.375 e. The van der Waals surface area contributed by atoms with Gasteiger partial charge in [0.15, 0.2) is 11.5 Å². The normalized spacial score (nSPS) is 39.6. The molecular weight excluding hydrogens is 438 g/mol. The summed E-state index contributed by atoms with van der Waals surface area (Å²) in [6.07, 6.45) is 6.82. The van der Waals surface area contributed by atoms with Crippen molar-refractivity contribution in [2.45, 2.75) is 72.1 Å². The summed E-state index contributed by atoms with van der Waals surface area (Å²) in [5, 5.41) is 14.3. The molecule has 2 N–H and O–H groups in total. The van der Waals surface area contributed by atoms with E-state index in [1.165, 1.54) is 12.7 Å². The van der Waals surface area contributed by atoms with E-state index in [2.05, 4.69) is 45.2 Å². The Hall–Kier alpha value is -2.24. The Balaban J connectivity index is 1.73. The van der Waals surface area contributed by atoms with Gasteiger partial charge in [0.1, 0.15) is 12.0 Å². The first-order valence-electron chi connectivity index (χ1n) is 13.0. The van der Waals surface area contributed by atoms with E-state index in [1.807, 2.05) is 37.3 Å². The molecular formula is C30H41NO4. The lowest BCUT2D eigenvalue weighted by atomic mass is 9.51. The molecule has 2 fully saturated rings. The number of allylic oxidation sites excluding steroid dienone is 4. The molecule has 8 unspecified atom stereocenters. The van der Waals surface area contributed by atoms with Crippen molar-refractivity contribution >= 4 is 11.7 Å². The lowest BCUT2D eigenvalue weighted by molar-refractivity contribution is -0.146. The van der Waals surface area contributed by atoms with Crippen LogP contribution in [-0.4, -0.2) is 35.7 Å². The van der Waals surface area contributed by atoms with Gasteiger partial charge in [0.25, 0.3) is 0 Å². The van der Waals surface area contributed by atoms with Gasteiger partial charge in [-0.3, -0.25) is 9.59 Å². The van der Waals surface area contributed by atoms with Gasteiger partial charge < -0.3 is 15.2 Å². The van der Waals surface area contributed by atoms with E-state index in [0.29, 0.717) is 5.92 Å². The topological polar surface area (TPSA) is 75.6 Å². The van der Waals surface area contributed by atoms with Crippen molar-refractivity contribution in [3.63, 3.8) is 0 Å². The molecule has 3 aliphatic rings. The van der Waals surface area contributed by atoms with Crippen molar-refractivity contribution < 1.29 is 19.4 Å². The summed E-state index contributed by atoms with van der Waals surface area (Å²) in [5.41, 5.74) is 1.52. The molecule has 2 aliphatic carbocycles. The Morgan fingerprint density at radius 3 is 2.54 bits per heavy atom. The highest BCUT2D eigenvalue weighted by molar-refractivity contribution is 6.05. The van der Waals surface area contributed by atoms with E-state index in [0.717, 1.165) is 30.4 Å². The number of aliphatic hydroxyl groups is 1. The molecule has 0 radical (unpaired) electrons. The number of carbonyl (C=O) groups excluding carboxylic acids is 2. The lowest BCUT2D eigenvalue weighted by Gasteiger charge is -2.52. The fraction of sp³-hybridized carbons (Fsp3) is 0.600. The third-order valence-corrected chi connectivity index (χ3v) is 8.99. The number of ether oxygens (including phenoxy) is 1. The Labute approximate surface area is 210 Å². The summed E-state index contributed by atoms with van der Waals surface area (Å²) in [5.74, 6) is -1.16. The highest BCUT2D eigenvalue weighted by atomic mass is 16.5. The van der Waals surface area contributed by atoms with Crippen LogP contribution in [0.25, 0.3) is 0 Å². The summed E-state index contributed by atoms with van der Waals surface area (Å²) < 4.78 is 5.74. The van der Waals surface area contributed by atoms with Crippen LogP contribution in [0.15, 0.2) is 53.6 Å². The summed E-state index contributed by atoms with van der Waals surface area (Å²) in [7, 11) is 1.48. The minimum atomic E-state index is -1.64. The average molecular weight is 480 g/mol. The summed E-state index contributed by atoms with van der Waals surface area (Å²) in [6, 6.07) is 9.51. The Kier molecular flexibility index (Phi) is 7.14. The van der Waals surface area contributed by atoms with Crippen molar-refractivity contribution in [1.29, 1.82) is 0 Å². The molecule has 5 heteroatoms. The highest BCUT2D eigenvalue weighted by Gasteiger charge is 2.60. The van der Waals surface area contributed by atoms with Crippen LogP contribution >= 0.6 is 0 Å². The second-order valence-corrected chi connectivity index (χ2v) is 11.5. The van der Waals surface area contributed by atoms with Gasteiger partial charge >= 0.3 is 0 Å². The third kappa shape index (κ3) is 4.53. The molecule has 1 amide bonds. The van der Waals surface area contributed by atoms with Gasteiger partial charge in [0, 0.05) is 25.4 Å². The maximum atomic E-state index is 14.5. The van der Waals surface area contributed by atoms with Crippen LogP contribution in [0.4, 0.5) is 0 Å². The maximum Gasteiger partial charge on any atom is 0.235 e. The first-order valence-corrected chi connectivity index (χ1v) is 13.0. The molecule has 35 heavy (non-hydrogen) atoms. The molecule has 1 heterocycles. The molecule has 1 aliphatic heterocycles. The quantitative estimate of drug-likeness (QED) is 0.452.